The summed E-state index contributed by atoms with van der Waals surface area (Å²) in [6, 6.07) is 12.4. The molecule has 0 aromatic heterocycles. The van der Waals surface area contributed by atoms with Crippen LogP contribution < -0.4 is 4.72 Å². The number of ether oxygens (including phenoxy) is 1. The third-order valence-electron chi connectivity index (χ3n) is 4.92. The molecule has 0 saturated carbocycles. The van der Waals surface area contributed by atoms with Crippen LogP contribution in [0.3, 0.4) is 0 Å². The molecule has 2 aromatic rings. The number of hydrogen-bond donors (Lipinski definition) is 1. The first kappa shape index (κ1) is 22.1. The number of sulfonamides is 1. The molecule has 1 aliphatic heterocycles. The molecule has 0 atom stereocenters. The smallest absolute Gasteiger partial charge is 0.309 e. The third kappa shape index (κ3) is 5.12. The van der Waals surface area contributed by atoms with Crippen molar-refractivity contribution in [3.8, 4) is 0 Å². The summed E-state index contributed by atoms with van der Waals surface area (Å²) in [6.07, 6.45) is 1.10. The minimum Gasteiger partial charge on any atom is -0.466 e. The zero-order valence-electron chi connectivity index (χ0n) is 16.5. The fourth-order valence-electron chi connectivity index (χ4n) is 3.30. The van der Waals surface area contributed by atoms with Gasteiger partial charge in [-0.05, 0) is 50.1 Å². The maximum absolute atomic E-state index is 12.8. The molecule has 7 nitrogen and oxygen atoms in total. The molecule has 1 aliphatic rings. The molecular formula is C21H23ClN2O5S. The predicted molar refractivity (Wildman–Crippen MR) is 114 cm³/mol. The third-order valence-corrected chi connectivity index (χ3v) is 6.61. The maximum Gasteiger partial charge on any atom is 0.309 e. The SMILES string of the molecule is CCOC(=O)C1CCN(C(=O)c2ccc(NS(=O)(=O)c3ccccc3)c(Cl)c2)CC1. The van der Waals surface area contributed by atoms with Crippen LogP contribution in [0, 0.1) is 5.92 Å². The van der Waals surface area contributed by atoms with Crippen LogP contribution in [0.25, 0.3) is 0 Å². The van der Waals surface area contributed by atoms with Gasteiger partial charge < -0.3 is 9.64 Å². The maximum atomic E-state index is 12.8. The molecule has 1 saturated heterocycles. The molecule has 0 aliphatic carbocycles. The van der Waals surface area contributed by atoms with Gasteiger partial charge in [-0.2, -0.15) is 0 Å². The average Bonchev–Trinajstić information content (AvgIpc) is 2.75. The number of halogens is 1. The van der Waals surface area contributed by atoms with Crippen LogP contribution in [-0.4, -0.2) is 44.9 Å². The number of carbonyl (C=O) groups excluding carboxylic acids is 2. The average molecular weight is 451 g/mol. The molecule has 30 heavy (non-hydrogen) atoms. The number of piperidine rings is 1. The van der Waals surface area contributed by atoms with E-state index in [0.29, 0.717) is 38.1 Å². The van der Waals surface area contributed by atoms with Crippen molar-refractivity contribution in [3.63, 3.8) is 0 Å². The first-order valence-corrected chi connectivity index (χ1v) is 11.5. The van der Waals surface area contributed by atoms with Gasteiger partial charge in [0.1, 0.15) is 0 Å². The van der Waals surface area contributed by atoms with E-state index in [4.69, 9.17) is 16.3 Å². The molecule has 0 unspecified atom stereocenters. The highest BCUT2D eigenvalue weighted by Crippen LogP contribution is 2.27. The topological polar surface area (TPSA) is 92.8 Å². The van der Waals surface area contributed by atoms with Gasteiger partial charge in [0.2, 0.25) is 0 Å². The Morgan fingerprint density at radius 3 is 2.40 bits per heavy atom. The lowest BCUT2D eigenvalue weighted by molar-refractivity contribution is -0.149. The monoisotopic (exact) mass is 450 g/mol. The molecular weight excluding hydrogens is 428 g/mol. The summed E-state index contributed by atoms with van der Waals surface area (Å²) < 4.78 is 32.4. The van der Waals surface area contributed by atoms with Gasteiger partial charge in [0.25, 0.3) is 15.9 Å². The van der Waals surface area contributed by atoms with E-state index in [1.165, 1.54) is 30.3 Å². The molecule has 3 rings (SSSR count). The van der Waals surface area contributed by atoms with Crippen LogP contribution in [0.2, 0.25) is 5.02 Å². The van der Waals surface area contributed by atoms with Gasteiger partial charge in [0.05, 0.1) is 28.1 Å². The number of benzene rings is 2. The van der Waals surface area contributed by atoms with E-state index in [0.717, 1.165) is 0 Å². The van der Waals surface area contributed by atoms with Gasteiger partial charge in [-0.15, -0.1) is 0 Å². The summed E-state index contributed by atoms with van der Waals surface area (Å²) in [7, 11) is -3.78. The number of likely N-dealkylation sites (tertiary alicyclic amines) is 1. The molecule has 9 heteroatoms. The largest absolute Gasteiger partial charge is 0.466 e. The Bertz CT molecular complexity index is 1020. The van der Waals surface area contributed by atoms with E-state index in [1.54, 1.807) is 30.0 Å². The van der Waals surface area contributed by atoms with Crippen LogP contribution in [0.15, 0.2) is 53.4 Å². The van der Waals surface area contributed by atoms with Crippen LogP contribution in [-0.2, 0) is 19.6 Å². The second-order valence-electron chi connectivity index (χ2n) is 6.93. The molecule has 2 aromatic carbocycles. The zero-order valence-corrected chi connectivity index (χ0v) is 18.1. The van der Waals surface area contributed by atoms with Gasteiger partial charge in [-0.1, -0.05) is 29.8 Å². The highest BCUT2D eigenvalue weighted by molar-refractivity contribution is 7.92. The van der Waals surface area contributed by atoms with Crippen molar-refractivity contribution in [3.05, 3.63) is 59.1 Å². The Morgan fingerprint density at radius 1 is 1.13 bits per heavy atom. The van der Waals surface area contributed by atoms with E-state index in [9.17, 15) is 18.0 Å². The Morgan fingerprint density at radius 2 is 1.80 bits per heavy atom. The van der Waals surface area contributed by atoms with Crippen molar-refractivity contribution >= 4 is 39.2 Å². The van der Waals surface area contributed by atoms with Crippen LogP contribution in [0.4, 0.5) is 5.69 Å². The van der Waals surface area contributed by atoms with Crippen molar-refractivity contribution < 1.29 is 22.7 Å². The highest BCUT2D eigenvalue weighted by Gasteiger charge is 2.29. The van der Waals surface area contributed by atoms with Gasteiger partial charge in [0, 0.05) is 18.7 Å². The Kier molecular flexibility index (Phi) is 6.99. The molecule has 1 heterocycles. The number of nitrogens with zero attached hydrogens (tertiary/aromatic N) is 1. The summed E-state index contributed by atoms with van der Waals surface area (Å²) in [5.74, 6) is -0.619. The highest BCUT2D eigenvalue weighted by atomic mass is 35.5. The second kappa shape index (κ2) is 9.49. The molecule has 160 valence electrons. The van der Waals surface area contributed by atoms with Crippen LogP contribution in [0.1, 0.15) is 30.1 Å². The summed E-state index contributed by atoms with van der Waals surface area (Å²) >= 11 is 6.25. The molecule has 0 spiro atoms. The predicted octanol–water partition coefficient (Wildman–Crippen LogP) is 3.56. The normalized spacial score (nSPS) is 14.9. The fourth-order valence-corrected chi connectivity index (χ4v) is 4.68. The van der Waals surface area contributed by atoms with Gasteiger partial charge in [-0.25, -0.2) is 8.42 Å². The fraction of sp³-hybridized carbons (Fsp3) is 0.333. The summed E-state index contributed by atoms with van der Waals surface area (Å²) in [4.78, 5) is 26.4. The van der Waals surface area contributed by atoms with E-state index in [1.807, 2.05) is 0 Å². The molecule has 1 fully saturated rings. The number of hydrogen-bond acceptors (Lipinski definition) is 5. The van der Waals surface area contributed by atoms with Crippen molar-refractivity contribution in [1.29, 1.82) is 0 Å². The number of carbonyl (C=O) groups is 2. The minimum absolute atomic E-state index is 0.116. The van der Waals surface area contributed by atoms with Crippen molar-refractivity contribution in [2.24, 2.45) is 5.92 Å². The van der Waals surface area contributed by atoms with E-state index in [-0.39, 0.29) is 33.4 Å². The summed E-state index contributed by atoms with van der Waals surface area (Å²) in [5, 5.41) is 0.127. The van der Waals surface area contributed by atoms with Crippen LogP contribution >= 0.6 is 11.6 Å². The molecule has 0 radical (unpaired) electrons. The van der Waals surface area contributed by atoms with Gasteiger partial charge >= 0.3 is 5.97 Å². The lowest BCUT2D eigenvalue weighted by Crippen LogP contribution is -2.40. The number of rotatable bonds is 6. The Balaban J connectivity index is 1.67. The summed E-state index contributed by atoms with van der Waals surface area (Å²) in [6.45, 7) is 3.01. The van der Waals surface area contributed by atoms with Crippen molar-refractivity contribution in [1.82, 2.24) is 4.90 Å². The molecule has 1 amide bonds. The molecule has 1 N–H and O–H groups in total. The van der Waals surface area contributed by atoms with Gasteiger partial charge in [0.15, 0.2) is 0 Å². The standard InChI is InChI=1S/C21H23ClN2O5S/c1-2-29-21(26)15-10-12-24(13-11-15)20(25)16-8-9-19(18(22)14-16)23-30(27,28)17-6-4-3-5-7-17/h3-9,14-15,23H,2,10-13H2,1H3. The lowest BCUT2D eigenvalue weighted by Gasteiger charge is -2.31. The molecule has 0 bridgehead atoms. The second-order valence-corrected chi connectivity index (χ2v) is 9.02. The number of nitrogens with one attached hydrogen (secondary N) is 1. The lowest BCUT2D eigenvalue weighted by atomic mass is 9.96. The van der Waals surface area contributed by atoms with E-state index in [2.05, 4.69) is 4.72 Å². The van der Waals surface area contributed by atoms with E-state index < -0.39 is 10.0 Å². The zero-order chi connectivity index (χ0) is 21.7. The number of anilines is 1. The quantitative estimate of drug-likeness (QED) is 0.679. The van der Waals surface area contributed by atoms with Crippen LogP contribution in [0.5, 0.6) is 0 Å². The van der Waals surface area contributed by atoms with E-state index >= 15 is 0 Å². The van der Waals surface area contributed by atoms with Crippen molar-refractivity contribution in [2.75, 3.05) is 24.4 Å². The Labute approximate surface area is 181 Å². The number of esters is 1. The van der Waals surface area contributed by atoms with Crippen molar-refractivity contribution in [2.45, 2.75) is 24.7 Å². The Hall–Kier alpha value is -2.58. The first-order valence-electron chi connectivity index (χ1n) is 9.65. The minimum atomic E-state index is -3.78. The number of amides is 1. The van der Waals surface area contributed by atoms with Gasteiger partial charge in [-0.3, -0.25) is 14.3 Å². The summed E-state index contributed by atoms with van der Waals surface area (Å²) in [5.41, 5.74) is 0.551. The first-order chi connectivity index (χ1) is 14.3.